The van der Waals surface area contributed by atoms with Crippen molar-refractivity contribution < 1.29 is 9.53 Å². The number of carbonyl (C=O) groups is 1. The van der Waals surface area contributed by atoms with E-state index in [2.05, 4.69) is 10.3 Å². The van der Waals surface area contributed by atoms with E-state index >= 15 is 0 Å². The number of nitrogens with zero attached hydrogens (tertiary/aromatic N) is 2. The molecule has 0 bridgehead atoms. The molecular weight excluding hydrogens is 314 g/mol. The molecule has 1 amide bonds. The van der Waals surface area contributed by atoms with Gasteiger partial charge < -0.3 is 14.6 Å². The first-order valence-corrected chi connectivity index (χ1v) is 8.21. The number of aryl methyl sites for hydroxylation is 1. The fourth-order valence-electron chi connectivity index (χ4n) is 2.46. The van der Waals surface area contributed by atoms with Gasteiger partial charge in [0.2, 0.25) is 0 Å². The Labute approximate surface area is 147 Å². The maximum absolute atomic E-state index is 12.2. The number of aromatic nitrogens is 2. The van der Waals surface area contributed by atoms with Crippen LogP contribution in [-0.4, -0.2) is 21.6 Å². The van der Waals surface area contributed by atoms with Crippen molar-refractivity contribution in [3.8, 4) is 11.4 Å². The van der Waals surface area contributed by atoms with Crippen molar-refractivity contribution in [1.82, 2.24) is 14.9 Å². The summed E-state index contributed by atoms with van der Waals surface area (Å²) < 4.78 is 7.67. The van der Waals surface area contributed by atoms with Crippen LogP contribution < -0.4 is 10.1 Å². The van der Waals surface area contributed by atoms with E-state index < -0.39 is 6.10 Å². The summed E-state index contributed by atoms with van der Waals surface area (Å²) in [5.41, 5.74) is 3.07. The zero-order chi connectivity index (χ0) is 17.6. The second kappa shape index (κ2) is 7.66. The van der Waals surface area contributed by atoms with Gasteiger partial charge in [0.25, 0.3) is 5.91 Å². The van der Waals surface area contributed by atoms with Crippen molar-refractivity contribution in [3.63, 3.8) is 0 Å². The van der Waals surface area contributed by atoms with E-state index in [1.165, 1.54) is 0 Å². The molecule has 0 unspecified atom stereocenters. The number of rotatable bonds is 6. The Kier molecular flexibility index (Phi) is 5.14. The lowest BCUT2D eigenvalue weighted by molar-refractivity contribution is -0.127. The van der Waals surface area contributed by atoms with Crippen LogP contribution in [-0.2, 0) is 11.3 Å². The molecule has 1 heterocycles. The van der Waals surface area contributed by atoms with Gasteiger partial charge in [-0.2, -0.15) is 0 Å². The van der Waals surface area contributed by atoms with E-state index in [-0.39, 0.29) is 5.91 Å². The van der Waals surface area contributed by atoms with Crippen LogP contribution >= 0.6 is 0 Å². The minimum absolute atomic E-state index is 0.137. The zero-order valence-electron chi connectivity index (χ0n) is 14.3. The van der Waals surface area contributed by atoms with Gasteiger partial charge in [0.05, 0.1) is 6.33 Å². The maximum atomic E-state index is 12.2. The summed E-state index contributed by atoms with van der Waals surface area (Å²) in [6.07, 6.45) is 4.83. The summed E-state index contributed by atoms with van der Waals surface area (Å²) in [4.78, 5) is 16.3. The molecule has 25 heavy (non-hydrogen) atoms. The maximum Gasteiger partial charge on any atom is 0.261 e. The average molecular weight is 335 g/mol. The number of benzene rings is 2. The van der Waals surface area contributed by atoms with E-state index in [4.69, 9.17) is 4.74 Å². The van der Waals surface area contributed by atoms with Gasteiger partial charge in [-0.3, -0.25) is 4.79 Å². The SMILES string of the molecule is Cc1ccccc1O[C@@H](C)C(=O)NCc1ccc(-n2ccnc2)cc1. The number of amides is 1. The lowest BCUT2D eigenvalue weighted by atomic mass is 10.2. The van der Waals surface area contributed by atoms with Crippen LogP contribution in [0.2, 0.25) is 0 Å². The molecule has 0 aliphatic carbocycles. The fraction of sp³-hybridized carbons (Fsp3) is 0.200. The Bertz CT molecular complexity index is 826. The minimum atomic E-state index is -0.550. The molecule has 2 aromatic carbocycles. The van der Waals surface area contributed by atoms with Gasteiger partial charge in [-0.05, 0) is 43.2 Å². The van der Waals surface area contributed by atoms with Crippen molar-refractivity contribution in [2.75, 3.05) is 0 Å². The van der Waals surface area contributed by atoms with Crippen LogP contribution in [0, 0.1) is 6.92 Å². The van der Waals surface area contributed by atoms with Crippen LogP contribution in [0.25, 0.3) is 5.69 Å². The average Bonchev–Trinajstić information content (AvgIpc) is 3.16. The van der Waals surface area contributed by atoms with E-state index in [1.807, 2.05) is 66.2 Å². The third-order valence-electron chi connectivity index (χ3n) is 3.97. The number of hydrogen-bond donors (Lipinski definition) is 1. The standard InChI is InChI=1S/C20H21N3O2/c1-15-5-3-4-6-19(15)25-16(2)20(24)22-13-17-7-9-18(10-8-17)23-12-11-21-14-23/h3-12,14,16H,13H2,1-2H3,(H,22,24)/t16-/m0/s1. The summed E-state index contributed by atoms with van der Waals surface area (Å²) in [5.74, 6) is 0.594. The number of carbonyl (C=O) groups excluding carboxylic acids is 1. The minimum Gasteiger partial charge on any atom is -0.481 e. The van der Waals surface area contributed by atoms with Crippen molar-refractivity contribution in [2.45, 2.75) is 26.5 Å². The topological polar surface area (TPSA) is 56.1 Å². The summed E-state index contributed by atoms with van der Waals surface area (Å²) in [7, 11) is 0. The molecule has 5 nitrogen and oxygen atoms in total. The molecule has 0 spiro atoms. The first kappa shape index (κ1) is 16.8. The summed E-state index contributed by atoms with van der Waals surface area (Å²) in [5, 5.41) is 2.91. The molecule has 0 saturated carbocycles. The van der Waals surface area contributed by atoms with E-state index in [0.717, 1.165) is 22.6 Å². The molecule has 0 aliphatic heterocycles. The number of imidazole rings is 1. The van der Waals surface area contributed by atoms with Gasteiger partial charge in [0.1, 0.15) is 5.75 Å². The normalized spacial score (nSPS) is 11.8. The van der Waals surface area contributed by atoms with Crippen molar-refractivity contribution in [3.05, 3.63) is 78.4 Å². The molecule has 1 aromatic heterocycles. The van der Waals surface area contributed by atoms with Crippen LogP contribution in [0.1, 0.15) is 18.1 Å². The molecule has 3 rings (SSSR count). The number of nitrogens with one attached hydrogen (secondary N) is 1. The molecule has 0 aliphatic rings. The molecule has 1 N–H and O–H groups in total. The molecule has 3 aromatic rings. The summed E-state index contributed by atoms with van der Waals surface area (Å²) in [6, 6.07) is 15.6. The molecule has 128 valence electrons. The highest BCUT2D eigenvalue weighted by Gasteiger charge is 2.15. The number of para-hydroxylation sites is 1. The Hall–Kier alpha value is -3.08. The van der Waals surface area contributed by atoms with Crippen molar-refractivity contribution in [2.24, 2.45) is 0 Å². The Balaban J connectivity index is 1.54. The summed E-state index contributed by atoms with van der Waals surface area (Å²) in [6.45, 7) is 4.18. The lowest BCUT2D eigenvalue weighted by Crippen LogP contribution is -2.36. The zero-order valence-corrected chi connectivity index (χ0v) is 14.3. The Morgan fingerprint density at radius 3 is 2.64 bits per heavy atom. The first-order valence-electron chi connectivity index (χ1n) is 8.21. The predicted octanol–water partition coefficient (Wildman–Crippen LogP) is 3.26. The second-order valence-corrected chi connectivity index (χ2v) is 5.88. The van der Waals surface area contributed by atoms with Crippen LogP contribution in [0.3, 0.4) is 0 Å². The summed E-state index contributed by atoms with van der Waals surface area (Å²) >= 11 is 0. The van der Waals surface area contributed by atoms with Gasteiger partial charge in [-0.25, -0.2) is 4.98 Å². The Morgan fingerprint density at radius 1 is 1.20 bits per heavy atom. The van der Waals surface area contributed by atoms with Crippen LogP contribution in [0.4, 0.5) is 0 Å². The van der Waals surface area contributed by atoms with E-state index in [0.29, 0.717) is 6.54 Å². The lowest BCUT2D eigenvalue weighted by Gasteiger charge is -2.16. The fourth-order valence-corrected chi connectivity index (χ4v) is 2.46. The third-order valence-corrected chi connectivity index (χ3v) is 3.97. The highest BCUT2D eigenvalue weighted by molar-refractivity contribution is 5.80. The Morgan fingerprint density at radius 2 is 1.96 bits per heavy atom. The van der Waals surface area contributed by atoms with Crippen LogP contribution in [0.5, 0.6) is 5.75 Å². The quantitative estimate of drug-likeness (QED) is 0.752. The first-order chi connectivity index (χ1) is 12.1. The largest absolute Gasteiger partial charge is 0.481 e. The van der Waals surface area contributed by atoms with Gasteiger partial charge in [-0.1, -0.05) is 30.3 Å². The molecule has 0 fully saturated rings. The predicted molar refractivity (Wildman–Crippen MR) is 96.7 cm³/mol. The van der Waals surface area contributed by atoms with Gasteiger partial charge in [-0.15, -0.1) is 0 Å². The van der Waals surface area contributed by atoms with Crippen molar-refractivity contribution >= 4 is 5.91 Å². The number of ether oxygens (including phenoxy) is 1. The smallest absolute Gasteiger partial charge is 0.261 e. The van der Waals surface area contributed by atoms with E-state index in [9.17, 15) is 4.79 Å². The van der Waals surface area contributed by atoms with Crippen molar-refractivity contribution in [1.29, 1.82) is 0 Å². The number of hydrogen-bond acceptors (Lipinski definition) is 3. The molecular formula is C20H21N3O2. The van der Waals surface area contributed by atoms with Gasteiger partial charge >= 0.3 is 0 Å². The monoisotopic (exact) mass is 335 g/mol. The molecule has 5 heteroatoms. The van der Waals surface area contributed by atoms with E-state index in [1.54, 1.807) is 19.4 Å². The molecule has 1 atom stereocenters. The molecule has 0 radical (unpaired) electrons. The third kappa shape index (κ3) is 4.26. The highest BCUT2D eigenvalue weighted by atomic mass is 16.5. The van der Waals surface area contributed by atoms with Crippen LogP contribution in [0.15, 0.2) is 67.3 Å². The second-order valence-electron chi connectivity index (χ2n) is 5.88. The van der Waals surface area contributed by atoms with Gasteiger partial charge in [0, 0.05) is 24.6 Å². The highest BCUT2D eigenvalue weighted by Crippen LogP contribution is 2.17. The molecule has 0 saturated heterocycles. The van der Waals surface area contributed by atoms with Gasteiger partial charge in [0.15, 0.2) is 6.10 Å².